The van der Waals surface area contributed by atoms with E-state index in [1.54, 1.807) is 18.3 Å². The Kier molecular flexibility index (Phi) is 7.43. The molecule has 5 N–H and O–H groups in total. The number of anilines is 3. The first-order chi connectivity index (χ1) is 17.0. The van der Waals surface area contributed by atoms with Crippen LogP contribution in [0.4, 0.5) is 17.5 Å². The van der Waals surface area contributed by atoms with Crippen molar-refractivity contribution in [2.45, 2.75) is 88.3 Å². The second-order valence-electron chi connectivity index (χ2n) is 10.3. The minimum atomic E-state index is -0.573. The molecule has 2 aliphatic carbocycles. The van der Waals surface area contributed by atoms with Crippen molar-refractivity contribution in [2.75, 3.05) is 23.7 Å². The normalized spacial score (nSPS) is 24.4. The Balaban J connectivity index is 1.34. The number of aromatic nitrogens is 3. The molecule has 35 heavy (non-hydrogen) atoms. The number of nitrogens with one attached hydrogen (secondary N) is 2. The van der Waals surface area contributed by atoms with E-state index in [4.69, 9.17) is 10.7 Å². The van der Waals surface area contributed by atoms with E-state index in [2.05, 4.69) is 25.5 Å². The van der Waals surface area contributed by atoms with Gasteiger partial charge in [0, 0.05) is 35.7 Å². The second-order valence-corrected chi connectivity index (χ2v) is 10.3. The van der Waals surface area contributed by atoms with Gasteiger partial charge in [0.1, 0.15) is 11.5 Å². The van der Waals surface area contributed by atoms with Crippen LogP contribution in [0.5, 0.6) is 0 Å². The van der Waals surface area contributed by atoms with Crippen LogP contribution in [0, 0.1) is 0 Å². The highest BCUT2D eigenvalue weighted by molar-refractivity contribution is 5.91. The summed E-state index contributed by atoms with van der Waals surface area (Å²) in [6.45, 7) is 2.27. The number of piperidine rings is 1. The quantitative estimate of drug-likeness (QED) is 0.474. The molecule has 9 nitrogen and oxygen atoms in total. The number of carbonyl (C=O) groups excluding carboxylic acids is 1. The molecular weight excluding hydrogens is 442 g/mol. The van der Waals surface area contributed by atoms with Crippen molar-refractivity contribution in [3.63, 3.8) is 0 Å². The molecule has 0 unspecified atom stereocenters. The van der Waals surface area contributed by atoms with Gasteiger partial charge >= 0.3 is 0 Å². The number of hydrogen-bond donors (Lipinski definition) is 4. The van der Waals surface area contributed by atoms with Crippen molar-refractivity contribution in [2.24, 2.45) is 5.73 Å². The Bertz CT molecular complexity index is 1010. The number of nitrogens with two attached hydrogens (primary N) is 1. The van der Waals surface area contributed by atoms with Crippen LogP contribution in [0.2, 0.25) is 0 Å². The van der Waals surface area contributed by atoms with Gasteiger partial charge in [-0.3, -0.25) is 9.78 Å². The lowest BCUT2D eigenvalue weighted by Gasteiger charge is -2.36. The van der Waals surface area contributed by atoms with Gasteiger partial charge in [0.15, 0.2) is 0 Å². The molecule has 1 amide bonds. The van der Waals surface area contributed by atoms with Crippen molar-refractivity contribution in [3.05, 3.63) is 35.8 Å². The molecule has 3 heterocycles. The highest BCUT2D eigenvalue weighted by Gasteiger charge is 2.30. The molecule has 0 spiro atoms. The predicted octanol–water partition coefficient (Wildman–Crippen LogP) is 3.55. The van der Waals surface area contributed by atoms with Gasteiger partial charge < -0.3 is 26.4 Å². The van der Waals surface area contributed by atoms with Gasteiger partial charge in [0.25, 0.3) is 5.91 Å². The summed E-state index contributed by atoms with van der Waals surface area (Å²) >= 11 is 0. The summed E-state index contributed by atoms with van der Waals surface area (Å²) in [6.07, 6.45) is 14.5. The Hall–Kier alpha value is -2.78. The number of hydrogen-bond acceptors (Lipinski definition) is 8. The van der Waals surface area contributed by atoms with E-state index >= 15 is 0 Å². The molecule has 2 aromatic heterocycles. The van der Waals surface area contributed by atoms with Crippen LogP contribution in [-0.2, 0) is 0 Å². The highest BCUT2D eigenvalue weighted by Crippen LogP contribution is 2.36. The van der Waals surface area contributed by atoms with Gasteiger partial charge in [-0.15, -0.1) is 0 Å². The average Bonchev–Trinajstić information content (AvgIpc) is 3.41. The number of amides is 1. The summed E-state index contributed by atoms with van der Waals surface area (Å²) in [6, 6.07) is 4.43. The molecule has 0 atom stereocenters. The maximum absolute atomic E-state index is 11.5. The van der Waals surface area contributed by atoms with Crippen LogP contribution in [0.1, 0.15) is 86.2 Å². The van der Waals surface area contributed by atoms with E-state index in [1.807, 2.05) is 6.20 Å². The maximum atomic E-state index is 11.5. The van der Waals surface area contributed by atoms with Crippen molar-refractivity contribution >= 4 is 23.4 Å². The fraction of sp³-hybridized carbons (Fsp3) is 0.615. The van der Waals surface area contributed by atoms with Gasteiger partial charge in [-0.2, -0.15) is 4.98 Å². The fourth-order valence-corrected chi connectivity index (χ4v) is 5.90. The minimum Gasteiger partial charge on any atom is -0.393 e. The summed E-state index contributed by atoms with van der Waals surface area (Å²) in [5.74, 6) is 1.21. The molecule has 0 bridgehead atoms. The zero-order valence-corrected chi connectivity index (χ0v) is 20.3. The van der Waals surface area contributed by atoms with E-state index < -0.39 is 5.91 Å². The van der Waals surface area contributed by atoms with E-state index in [1.165, 1.54) is 31.2 Å². The van der Waals surface area contributed by atoms with Crippen molar-refractivity contribution in [1.29, 1.82) is 0 Å². The first kappa shape index (κ1) is 23.9. The van der Waals surface area contributed by atoms with E-state index in [9.17, 15) is 9.90 Å². The predicted molar refractivity (Wildman–Crippen MR) is 136 cm³/mol. The number of aliphatic hydroxyl groups excluding tert-OH is 1. The summed E-state index contributed by atoms with van der Waals surface area (Å²) < 4.78 is 0. The summed E-state index contributed by atoms with van der Waals surface area (Å²) in [4.78, 5) is 27.7. The number of primary amides is 1. The summed E-state index contributed by atoms with van der Waals surface area (Å²) in [7, 11) is 0. The zero-order chi connectivity index (χ0) is 24.2. The average molecular weight is 480 g/mol. The Morgan fingerprint density at radius 3 is 2.49 bits per heavy atom. The number of rotatable bonds is 7. The second kappa shape index (κ2) is 10.9. The molecule has 0 radical (unpaired) electrons. The van der Waals surface area contributed by atoms with Crippen molar-refractivity contribution < 1.29 is 9.90 Å². The van der Waals surface area contributed by atoms with Crippen LogP contribution in [-0.4, -0.2) is 62.1 Å². The first-order valence-electron chi connectivity index (χ1n) is 13.1. The standard InChI is InChI=1S/C26H37N7O2/c27-24(35)23-15-19(9-12-28-23)31-26-29-16-22(25(32-26)30-18-5-7-21(34)8-6-18)17-10-13-33(14-11-17)20-3-1-2-4-20/h9,12,15-18,20-21,34H,1-8,10-11,13-14H2,(H2,27,35)(H2,28,29,30,31,32)/t18-,21-. The number of carbonyl (C=O) groups is 1. The minimum absolute atomic E-state index is 0.193. The molecule has 2 aromatic rings. The van der Waals surface area contributed by atoms with Gasteiger partial charge in [0.05, 0.1) is 6.10 Å². The van der Waals surface area contributed by atoms with E-state index in [0.717, 1.165) is 63.5 Å². The molecular formula is C26H37N7O2. The Labute approximate surface area is 206 Å². The Morgan fingerprint density at radius 2 is 1.77 bits per heavy atom. The maximum Gasteiger partial charge on any atom is 0.267 e. The fourth-order valence-electron chi connectivity index (χ4n) is 5.90. The topological polar surface area (TPSA) is 129 Å². The van der Waals surface area contributed by atoms with Gasteiger partial charge in [-0.05, 0) is 82.5 Å². The van der Waals surface area contributed by atoms with Crippen LogP contribution in [0.25, 0.3) is 0 Å². The smallest absolute Gasteiger partial charge is 0.267 e. The van der Waals surface area contributed by atoms with Crippen LogP contribution in [0.15, 0.2) is 24.5 Å². The van der Waals surface area contributed by atoms with E-state index in [-0.39, 0.29) is 11.8 Å². The molecule has 1 aliphatic heterocycles. The molecule has 5 rings (SSSR count). The monoisotopic (exact) mass is 479 g/mol. The third-order valence-corrected chi connectivity index (χ3v) is 7.93. The van der Waals surface area contributed by atoms with Crippen molar-refractivity contribution in [3.8, 4) is 0 Å². The SMILES string of the molecule is NC(=O)c1cc(Nc2ncc(C3CCN(C4CCCC4)CC3)c(N[C@H]3CC[C@H](O)CC3)n2)ccn1. The van der Waals surface area contributed by atoms with Gasteiger partial charge in [0.2, 0.25) is 5.95 Å². The van der Waals surface area contributed by atoms with Crippen LogP contribution in [0.3, 0.4) is 0 Å². The highest BCUT2D eigenvalue weighted by atomic mass is 16.3. The lowest BCUT2D eigenvalue weighted by atomic mass is 9.88. The number of pyridine rings is 1. The van der Waals surface area contributed by atoms with Crippen molar-refractivity contribution in [1.82, 2.24) is 19.9 Å². The number of likely N-dealkylation sites (tertiary alicyclic amines) is 1. The molecule has 0 aromatic carbocycles. The van der Waals surface area contributed by atoms with Gasteiger partial charge in [-0.1, -0.05) is 12.8 Å². The molecule has 188 valence electrons. The zero-order valence-electron chi connectivity index (χ0n) is 20.3. The van der Waals surface area contributed by atoms with Crippen LogP contribution < -0.4 is 16.4 Å². The lowest BCUT2D eigenvalue weighted by Crippen LogP contribution is -2.39. The lowest BCUT2D eigenvalue weighted by molar-refractivity contribution is 0.0995. The third kappa shape index (κ3) is 5.90. The summed E-state index contributed by atoms with van der Waals surface area (Å²) in [5.41, 5.74) is 7.41. The third-order valence-electron chi connectivity index (χ3n) is 7.93. The van der Waals surface area contributed by atoms with Crippen LogP contribution >= 0.6 is 0 Å². The largest absolute Gasteiger partial charge is 0.393 e. The van der Waals surface area contributed by atoms with E-state index in [0.29, 0.717) is 23.6 Å². The Morgan fingerprint density at radius 1 is 1.03 bits per heavy atom. The number of aliphatic hydroxyl groups is 1. The molecule has 1 saturated heterocycles. The molecule has 2 saturated carbocycles. The first-order valence-corrected chi connectivity index (χ1v) is 13.1. The summed E-state index contributed by atoms with van der Waals surface area (Å²) in [5, 5.41) is 16.8. The van der Waals surface area contributed by atoms with Gasteiger partial charge in [-0.25, -0.2) is 4.98 Å². The molecule has 3 aliphatic rings. The number of nitrogens with zero attached hydrogens (tertiary/aromatic N) is 4. The molecule has 3 fully saturated rings. The molecule has 9 heteroatoms.